The third kappa shape index (κ3) is 7.34. The number of benzene rings is 3. The molecule has 3 nitrogen and oxygen atoms in total. The first-order chi connectivity index (χ1) is 17.6. The third-order valence-electron chi connectivity index (χ3n) is 7.36. The number of rotatable bonds is 11. The number of amides is 1. The molecule has 0 aliphatic heterocycles. The van der Waals surface area contributed by atoms with E-state index in [-0.39, 0.29) is 18.3 Å². The first kappa shape index (κ1) is 28.7. The van der Waals surface area contributed by atoms with Gasteiger partial charge in [-0.1, -0.05) is 75.4 Å². The summed E-state index contributed by atoms with van der Waals surface area (Å²) in [5.41, 5.74) is 7.91. The zero-order valence-corrected chi connectivity index (χ0v) is 23.4. The number of hydrogen-bond acceptors (Lipinski definition) is 1. The van der Waals surface area contributed by atoms with Gasteiger partial charge in [0.1, 0.15) is 6.54 Å². The molecule has 0 radical (unpaired) electrons. The molecule has 1 aliphatic carbocycles. The summed E-state index contributed by atoms with van der Waals surface area (Å²) in [4.78, 5) is 13.1. The second-order valence-electron chi connectivity index (χ2n) is 10.3. The van der Waals surface area contributed by atoms with Gasteiger partial charge in [0.15, 0.2) is 0 Å². The Morgan fingerprint density at radius 2 is 1.43 bits per heavy atom. The Bertz CT molecular complexity index is 1170. The van der Waals surface area contributed by atoms with E-state index < -0.39 is 0 Å². The first-order valence-corrected chi connectivity index (χ1v) is 13.7. The quantitative estimate of drug-likeness (QED) is 0.362. The van der Waals surface area contributed by atoms with Crippen LogP contribution in [-0.4, -0.2) is 30.0 Å². The van der Waals surface area contributed by atoms with E-state index in [4.69, 9.17) is 0 Å². The summed E-state index contributed by atoms with van der Waals surface area (Å²) in [7, 11) is 0. The standard InChI is InChI=1S/C33H40N2O.ClH/c1-4-20-35(21-5-2,22-6-3)25-26-12-18-32(19-13-26)34-33(36)30-17-15-28-14-16-29(23-31(28)24-30)27-10-8-7-9-11-27;/h7-14,16,18-19,23-24H,4-6,15,17,20-22,25H2,1-3H3;1H. The fourth-order valence-electron chi connectivity index (χ4n) is 5.76. The summed E-state index contributed by atoms with van der Waals surface area (Å²) in [5, 5.41) is 3.14. The maximum atomic E-state index is 13.1. The zero-order valence-electron chi connectivity index (χ0n) is 22.6. The number of halogens is 1. The summed E-state index contributed by atoms with van der Waals surface area (Å²) in [6, 6.07) is 25.5. The number of nitrogens with zero attached hydrogens (tertiary/aromatic N) is 1. The van der Waals surface area contributed by atoms with Crippen molar-refractivity contribution in [3.8, 4) is 11.1 Å². The van der Waals surface area contributed by atoms with E-state index in [0.717, 1.165) is 40.7 Å². The first-order valence-electron chi connectivity index (χ1n) is 13.7. The molecule has 0 unspecified atom stereocenters. The Morgan fingerprint density at radius 3 is 2.05 bits per heavy atom. The van der Waals surface area contributed by atoms with Crippen molar-refractivity contribution in [2.45, 2.75) is 59.4 Å². The third-order valence-corrected chi connectivity index (χ3v) is 7.36. The molecule has 0 aromatic heterocycles. The van der Waals surface area contributed by atoms with Crippen LogP contribution in [0.15, 0.2) is 78.4 Å². The van der Waals surface area contributed by atoms with E-state index in [1.165, 1.54) is 61.2 Å². The molecule has 0 heterocycles. The minimum atomic E-state index is 0. The van der Waals surface area contributed by atoms with Crippen molar-refractivity contribution in [3.63, 3.8) is 0 Å². The Balaban J connectivity index is 0.00000380. The Hall–Kier alpha value is -2.88. The fourth-order valence-corrected chi connectivity index (χ4v) is 5.76. The topological polar surface area (TPSA) is 29.1 Å². The highest BCUT2D eigenvalue weighted by Gasteiger charge is 2.25. The van der Waals surface area contributed by atoms with Crippen LogP contribution in [0.1, 0.15) is 63.1 Å². The average Bonchev–Trinajstić information content (AvgIpc) is 2.90. The van der Waals surface area contributed by atoms with Crippen molar-refractivity contribution in [2.24, 2.45) is 0 Å². The van der Waals surface area contributed by atoms with E-state index in [2.05, 4.69) is 98.9 Å². The van der Waals surface area contributed by atoms with Gasteiger partial charge in [-0.05, 0) is 78.6 Å². The number of nitrogens with one attached hydrogen (secondary N) is 1. The smallest absolute Gasteiger partial charge is 0.251 e. The van der Waals surface area contributed by atoms with Gasteiger partial charge in [-0.3, -0.25) is 4.79 Å². The predicted octanol–water partition coefficient (Wildman–Crippen LogP) is 4.87. The van der Waals surface area contributed by atoms with Crippen LogP contribution in [-0.2, 0) is 17.8 Å². The second kappa shape index (κ2) is 13.6. The molecule has 3 aromatic rings. The van der Waals surface area contributed by atoms with Crippen molar-refractivity contribution in [1.82, 2.24) is 0 Å². The van der Waals surface area contributed by atoms with E-state index in [9.17, 15) is 4.79 Å². The van der Waals surface area contributed by atoms with Crippen LogP contribution < -0.4 is 17.7 Å². The molecule has 0 saturated heterocycles. The summed E-state index contributed by atoms with van der Waals surface area (Å²) in [6.45, 7) is 11.6. The number of carbonyl (C=O) groups excluding carboxylic acids is 1. The van der Waals surface area contributed by atoms with Crippen molar-refractivity contribution < 1.29 is 21.7 Å². The lowest BCUT2D eigenvalue weighted by Crippen LogP contribution is -3.00. The van der Waals surface area contributed by atoms with Gasteiger partial charge in [-0.2, -0.15) is 0 Å². The van der Waals surface area contributed by atoms with Crippen LogP contribution in [0, 0.1) is 0 Å². The van der Waals surface area contributed by atoms with Gasteiger partial charge < -0.3 is 22.2 Å². The molecule has 3 aromatic carbocycles. The highest BCUT2D eigenvalue weighted by Crippen LogP contribution is 2.29. The molecule has 0 bridgehead atoms. The number of quaternary nitrogens is 1. The minimum absolute atomic E-state index is 0. The fraction of sp³-hybridized carbons (Fsp3) is 0.364. The van der Waals surface area contributed by atoms with Crippen LogP contribution in [0.4, 0.5) is 5.69 Å². The molecule has 0 fully saturated rings. The van der Waals surface area contributed by atoms with Crippen molar-refractivity contribution in [2.75, 3.05) is 25.0 Å². The van der Waals surface area contributed by atoms with Crippen LogP contribution in [0.25, 0.3) is 17.2 Å². The Labute approximate surface area is 229 Å². The highest BCUT2D eigenvalue weighted by molar-refractivity contribution is 6.07. The van der Waals surface area contributed by atoms with Gasteiger partial charge in [-0.25, -0.2) is 0 Å². The summed E-state index contributed by atoms with van der Waals surface area (Å²) < 4.78 is 1.16. The van der Waals surface area contributed by atoms with Gasteiger partial charge >= 0.3 is 0 Å². The molecule has 1 aliphatic rings. The van der Waals surface area contributed by atoms with Crippen LogP contribution in [0.2, 0.25) is 0 Å². The highest BCUT2D eigenvalue weighted by atomic mass is 35.5. The molecule has 4 rings (SSSR count). The van der Waals surface area contributed by atoms with E-state index in [1.807, 2.05) is 6.07 Å². The van der Waals surface area contributed by atoms with Gasteiger partial charge in [-0.15, -0.1) is 0 Å². The van der Waals surface area contributed by atoms with Gasteiger partial charge in [0, 0.05) is 16.8 Å². The largest absolute Gasteiger partial charge is 1.00 e. The molecule has 1 N–H and O–H groups in total. The SMILES string of the molecule is CCC[N+](CCC)(CCC)Cc1ccc(NC(=O)C2=Cc3cc(-c4ccccc4)ccc3CC2)cc1.[Cl-]. The number of hydrogen-bond donors (Lipinski definition) is 1. The van der Waals surface area contributed by atoms with Crippen LogP contribution in [0.3, 0.4) is 0 Å². The molecule has 4 heteroatoms. The summed E-state index contributed by atoms with van der Waals surface area (Å²) >= 11 is 0. The van der Waals surface area contributed by atoms with Crippen molar-refractivity contribution >= 4 is 17.7 Å². The average molecular weight is 517 g/mol. The predicted molar refractivity (Wildman–Crippen MR) is 153 cm³/mol. The summed E-state index contributed by atoms with van der Waals surface area (Å²) in [5.74, 6) is 0.00610. The number of aryl methyl sites for hydroxylation is 1. The number of carbonyl (C=O) groups is 1. The Kier molecular flexibility index (Phi) is 10.5. The van der Waals surface area contributed by atoms with E-state index in [0.29, 0.717) is 0 Å². The Morgan fingerprint density at radius 1 is 0.784 bits per heavy atom. The molecule has 0 saturated carbocycles. The lowest BCUT2D eigenvalue weighted by Gasteiger charge is -2.38. The normalized spacial score (nSPS) is 12.8. The monoisotopic (exact) mass is 516 g/mol. The molecular weight excluding hydrogens is 476 g/mol. The van der Waals surface area contributed by atoms with Gasteiger partial charge in [0.05, 0.1) is 19.6 Å². The van der Waals surface area contributed by atoms with Crippen LogP contribution >= 0.6 is 0 Å². The minimum Gasteiger partial charge on any atom is -1.00 e. The number of fused-ring (bicyclic) bond motifs is 1. The lowest BCUT2D eigenvalue weighted by atomic mass is 9.89. The van der Waals surface area contributed by atoms with Gasteiger partial charge in [0.2, 0.25) is 0 Å². The zero-order chi connectivity index (χ0) is 25.4. The maximum absolute atomic E-state index is 13.1. The van der Waals surface area contributed by atoms with Gasteiger partial charge in [0.25, 0.3) is 5.91 Å². The van der Waals surface area contributed by atoms with E-state index >= 15 is 0 Å². The molecule has 196 valence electrons. The molecule has 37 heavy (non-hydrogen) atoms. The molecule has 0 atom stereocenters. The molecule has 1 amide bonds. The van der Waals surface area contributed by atoms with Crippen molar-refractivity contribution in [3.05, 3.63) is 95.1 Å². The van der Waals surface area contributed by atoms with Crippen LogP contribution in [0.5, 0.6) is 0 Å². The van der Waals surface area contributed by atoms with Crippen molar-refractivity contribution in [1.29, 1.82) is 0 Å². The maximum Gasteiger partial charge on any atom is 0.251 e. The molecular formula is C33H41ClN2O. The lowest BCUT2D eigenvalue weighted by molar-refractivity contribution is -0.941. The van der Waals surface area contributed by atoms with E-state index in [1.54, 1.807) is 0 Å². The second-order valence-corrected chi connectivity index (χ2v) is 10.3. The summed E-state index contributed by atoms with van der Waals surface area (Å²) in [6.07, 6.45) is 7.36. The number of anilines is 1. The molecule has 0 spiro atoms.